The number of hydrogen-bond donors (Lipinski definition) is 3. The lowest BCUT2D eigenvalue weighted by Crippen LogP contribution is -2.42. The molecule has 0 saturated heterocycles. The number of nitrogens with two attached hydrogens (primary N) is 1. The van der Waals surface area contributed by atoms with Crippen LogP contribution in [0.3, 0.4) is 0 Å². The predicted octanol–water partition coefficient (Wildman–Crippen LogP) is 3.17. The van der Waals surface area contributed by atoms with Crippen molar-refractivity contribution in [2.75, 3.05) is 11.4 Å². The van der Waals surface area contributed by atoms with Gasteiger partial charge in [0.25, 0.3) is 0 Å². The molecule has 9 heteroatoms. The largest absolute Gasteiger partial charge is 0.331 e. The smallest absolute Gasteiger partial charge is 0.224 e. The quantitative estimate of drug-likeness (QED) is 0.394. The molecule has 1 aliphatic heterocycles. The van der Waals surface area contributed by atoms with Gasteiger partial charge >= 0.3 is 0 Å². The molecule has 2 aromatic carbocycles. The number of aryl methyl sites for hydroxylation is 1. The molecule has 158 valence electrons. The topological polar surface area (TPSA) is 97.3 Å². The van der Waals surface area contributed by atoms with Crippen molar-refractivity contribution in [3.05, 3.63) is 64.7 Å². The highest BCUT2D eigenvalue weighted by Gasteiger charge is 2.28. The van der Waals surface area contributed by atoms with Crippen LogP contribution in [0.25, 0.3) is 0 Å². The van der Waals surface area contributed by atoms with E-state index in [2.05, 4.69) is 9.24 Å². The summed E-state index contributed by atoms with van der Waals surface area (Å²) in [6.07, 6.45) is -0.0400. The number of hydrogen-bond acceptors (Lipinski definition) is 4. The highest BCUT2D eigenvalue weighted by atomic mass is 31.0. The lowest BCUT2D eigenvalue weighted by atomic mass is 10.0. The number of nitrogens with zero attached hydrogens (tertiary/aromatic N) is 2. The van der Waals surface area contributed by atoms with Crippen LogP contribution in [0.4, 0.5) is 14.5 Å². The average Bonchev–Trinajstić information content (AvgIpc) is 2.81. The molecular formula is C21H24F2N5OP. The molecule has 2 unspecified atom stereocenters. The van der Waals surface area contributed by atoms with Crippen molar-refractivity contribution >= 4 is 32.2 Å². The summed E-state index contributed by atoms with van der Waals surface area (Å²) in [5.74, 6) is -1.25. The lowest BCUT2D eigenvalue weighted by Gasteiger charge is -2.24. The molecule has 0 spiro atoms. The van der Waals surface area contributed by atoms with E-state index in [1.165, 1.54) is 16.7 Å². The third-order valence-electron chi connectivity index (χ3n) is 5.04. The molecule has 4 N–H and O–H groups in total. The second kappa shape index (κ2) is 8.98. The standard InChI is InChI=1S/C21H24F2N5OP/c1-12-6-17(23)14(8-16(12)22)7-15(24)9-20(29)27-10-13-4-2-3-5-18(13)28(21(26)30)19(25)11-27/h2-6,8,15,25-26H,7,9-11,24,30H2,1H3. The molecule has 0 aromatic heterocycles. The van der Waals surface area contributed by atoms with Crippen LogP contribution in [-0.2, 0) is 17.8 Å². The van der Waals surface area contributed by atoms with E-state index >= 15 is 0 Å². The Balaban J connectivity index is 1.75. The van der Waals surface area contributed by atoms with Gasteiger partial charge in [0, 0.05) is 19.0 Å². The van der Waals surface area contributed by atoms with Crippen LogP contribution < -0.4 is 10.6 Å². The zero-order chi connectivity index (χ0) is 22.0. The van der Waals surface area contributed by atoms with E-state index < -0.39 is 17.7 Å². The molecule has 1 heterocycles. The highest BCUT2D eigenvalue weighted by molar-refractivity contribution is 7.41. The summed E-state index contributed by atoms with van der Waals surface area (Å²) in [6, 6.07) is 8.85. The number of carbonyl (C=O) groups is 1. The summed E-state index contributed by atoms with van der Waals surface area (Å²) in [5.41, 5.74) is 8.02. The minimum absolute atomic E-state index is 0.0184. The summed E-state index contributed by atoms with van der Waals surface area (Å²) < 4.78 is 27.9. The van der Waals surface area contributed by atoms with E-state index in [1.54, 1.807) is 6.07 Å². The number of carbonyl (C=O) groups excluding carboxylic acids is 1. The van der Waals surface area contributed by atoms with Crippen molar-refractivity contribution in [2.24, 2.45) is 5.73 Å². The Morgan fingerprint density at radius 2 is 1.93 bits per heavy atom. The Labute approximate surface area is 176 Å². The monoisotopic (exact) mass is 431 g/mol. The van der Waals surface area contributed by atoms with Gasteiger partial charge in [-0.05, 0) is 48.2 Å². The Hall–Kier alpha value is -2.70. The van der Waals surface area contributed by atoms with Gasteiger partial charge in [-0.25, -0.2) is 8.78 Å². The summed E-state index contributed by atoms with van der Waals surface area (Å²) >= 11 is 0. The zero-order valence-electron chi connectivity index (χ0n) is 16.6. The van der Waals surface area contributed by atoms with Gasteiger partial charge < -0.3 is 10.6 Å². The number of rotatable bonds is 4. The fourth-order valence-electron chi connectivity index (χ4n) is 3.52. The summed E-state index contributed by atoms with van der Waals surface area (Å²) in [4.78, 5) is 15.9. The summed E-state index contributed by atoms with van der Waals surface area (Å²) in [7, 11) is 2.27. The molecule has 0 saturated carbocycles. The minimum Gasteiger partial charge on any atom is -0.331 e. The highest BCUT2D eigenvalue weighted by Crippen LogP contribution is 2.27. The van der Waals surface area contributed by atoms with Gasteiger partial charge in [0.15, 0.2) is 0 Å². The van der Waals surface area contributed by atoms with E-state index in [4.69, 9.17) is 16.6 Å². The van der Waals surface area contributed by atoms with E-state index in [0.717, 1.165) is 17.7 Å². The number of halogens is 2. The normalized spacial score (nSPS) is 14.9. The average molecular weight is 431 g/mol. The van der Waals surface area contributed by atoms with Crippen molar-refractivity contribution in [3.63, 3.8) is 0 Å². The fraction of sp³-hybridized carbons (Fsp3) is 0.286. The van der Waals surface area contributed by atoms with Gasteiger partial charge in [-0.3, -0.25) is 20.5 Å². The van der Waals surface area contributed by atoms with Crippen LogP contribution in [0, 0.1) is 29.4 Å². The molecular weight excluding hydrogens is 407 g/mol. The maximum Gasteiger partial charge on any atom is 0.224 e. The van der Waals surface area contributed by atoms with Crippen molar-refractivity contribution in [2.45, 2.75) is 32.4 Å². The number of nitrogens with one attached hydrogen (secondary N) is 2. The first-order chi connectivity index (χ1) is 14.2. The molecule has 0 radical (unpaired) electrons. The zero-order valence-corrected chi connectivity index (χ0v) is 17.7. The number of para-hydroxylation sites is 1. The molecule has 2 atom stereocenters. The molecule has 3 rings (SSSR count). The van der Waals surface area contributed by atoms with Crippen LogP contribution in [0.15, 0.2) is 36.4 Å². The number of fused-ring (bicyclic) bond motifs is 1. The molecule has 1 aliphatic rings. The Morgan fingerprint density at radius 1 is 1.23 bits per heavy atom. The maximum atomic E-state index is 14.1. The second-order valence-corrected chi connectivity index (χ2v) is 7.95. The van der Waals surface area contributed by atoms with E-state index in [-0.39, 0.29) is 54.4 Å². The maximum absolute atomic E-state index is 14.1. The van der Waals surface area contributed by atoms with Crippen LogP contribution in [0.5, 0.6) is 0 Å². The molecule has 0 aliphatic carbocycles. The van der Waals surface area contributed by atoms with E-state index in [9.17, 15) is 13.6 Å². The fourth-order valence-corrected chi connectivity index (χ4v) is 3.82. The SMILES string of the molecule is Cc1cc(F)c(CC(N)CC(=O)N2CC(=N)N(C(=N)P)c3ccccc3C2)cc1F. The van der Waals surface area contributed by atoms with Crippen LogP contribution >= 0.6 is 9.24 Å². The molecule has 6 nitrogen and oxygen atoms in total. The van der Waals surface area contributed by atoms with Crippen molar-refractivity contribution in [1.82, 2.24) is 4.90 Å². The lowest BCUT2D eigenvalue weighted by molar-refractivity contribution is -0.131. The minimum atomic E-state index is -0.696. The van der Waals surface area contributed by atoms with Crippen LogP contribution in [-0.4, -0.2) is 34.8 Å². The van der Waals surface area contributed by atoms with Gasteiger partial charge in [-0.1, -0.05) is 27.4 Å². The molecule has 1 amide bonds. The van der Waals surface area contributed by atoms with Crippen molar-refractivity contribution in [3.8, 4) is 0 Å². The first kappa shape index (κ1) is 22.0. The second-order valence-electron chi connectivity index (χ2n) is 7.41. The molecule has 0 fully saturated rings. The van der Waals surface area contributed by atoms with Gasteiger partial charge in [-0.2, -0.15) is 0 Å². The predicted molar refractivity (Wildman–Crippen MR) is 117 cm³/mol. The van der Waals surface area contributed by atoms with Crippen molar-refractivity contribution in [1.29, 1.82) is 10.8 Å². The first-order valence-electron chi connectivity index (χ1n) is 9.44. The number of amides is 1. The van der Waals surface area contributed by atoms with E-state index in [1.807, 2.05) is 18.2 Å². The number of amidine groups is 2. The van der Waals surface area contributed by atoms with Crippen LogP contribution in [0.2, 0.25) is 0 Å². The Bertz CT molecular complexity index is 1010. The Morgan fingerprint density at radius 3 is 2.63 bits per heavy atom. The van der Waals surface area contributed by atoms with E-state index in [0.29, 0.717) is 5.69 Å². The third-order valence-corrected chi connectivity index (χ3v) is 5.30. The van der Waals surface area contributed by atoms with Crippen molar-refractivity contribution < 1.29 is 13.6 Å². The molecule has 2 aromatic rings. The van der Waals surface area contributed by atoms with Gasteiger partial charge in [0.2, 0.25) is 5.91 Å². The van der Waals surface area contributed by atoms with Gasteiger partial charge in [0.05, 0.1) is 12.2 Å². The molecule has 30 heavy (non-hydrogen) atoms. The molecule has 0 bridgehead atoms. The Kier molecular flexibility index (Phi) is 6.58. The number of benzene rings is 2. The number of anilines is 1. The first-order valence-corrected chi connectivity index (χ1v) is 10.0. The third kappa shape index (κ3) is 4.71. The van der Waals surface area contributed by atoms with Gasteiger partial charge in [-0.15, -0.1) is 0 Å². The summed E-state index contributed by atoms with van der Waals surface area (Å²) in [5, 5.41) is 16.3. The van der Waals surface area contributed by atoms with Gasteiger partial charge in [0.1, 0.15) is 23.0 Å². The summed E-state index contributed by atoms with van der Waals surface area (Å²) in [6.45, 7) is 1.77. The van der Waals surface area contributed by atoms with Crippen LogP contribution in [0.1, 0.15) is 23.1 Å².